The zero-order valence-corrected chi connectivity index (χ0v) is 10.0. The zero-order valence-electron chi connectivity index (χ0n) is 10.0. The largest absolute Gasteiger partial charge is 0.437 e. The number of benzene rings is 1. The second-order valence-electron chi connectivity index (χ2n) is 3.97. The van der Waals surface area contributed by atoms with Gasteiger partial charge in [-0.05, 0) is 18.2 Å². The highest BCUT2D eigenvalue weighted by atomic mass is 16.5. The molecule has 19 heavy (non-hydrogen) atoms. The summed E-state index contributed by atoms with van der Waals surface area (Å²) < 4.78 is 5.60. The smallest absolute Gasteiger partial charge is 0.238 e. The average Bonchev–Trinajstić information content (AvgIpc) is 2.47. The number of aromatic nitrogens is 3. The van der Waals surface area contributed by atoms with E-state index in [9.17, 15) is 0 Å². The van der Waals surface area contributed by atoms with E-state index >= 15 is 0 Å². The summed E-state index contributed by atoms with van der Waals surface area (Å²) in [6.45, 7) is -0.163. The third-order valence-electron chi connectivity index (χ3n) is 2.62. The number of aliphatic hydroxyl groups excluding tert-OH is 1. The fourth-order valence-corrected chi connectivity index (χ4v) is 1.74. The molecule has 0 atom stereocenters. The molecule has 0 saturated heterocycles. The first kappa shape index (κ1) is 11.6. The van der Waals surface area contributed by atoms with Crippen molar-refractivity contribution in [2.45, 2.75) is 6.61 Å². The number of fused-ring (bicyclic) bond motifs is 1. The molecule has 0 fully saturated rings. The molecule has 0 spiro atoms. The lowest BCUT2D eigenvalue weighted by Gasteiger charge is -2.06. The summed E-state index contributed by atoms with van der Waals surface area (Å²) in [7, 11) is 0. The maximum absolute atomic E-state index is 9.00. The van der Waals surface area contributed by atoms with Crippen LogP contribution in [0.4, 0.5) is 0 Å². The molecule has 2 heterocycles. The van der Waals surface area contributed by atoms with E-state index in [1.807, 2.05) is 30.3 Å². The maximum atomic E-state index is 9.00. The third kappa shape index (κ3) is 2.51. The normalized spacial score (nSPS) is 10.6. The van der Waals surface area contributed by atoms with Crippen molar-refractivity contribution < 1.29 is 9.84 Å². The van der Waals surface area contributed by atoms with Gasteiger partial charge in [0.05, 0.1) is 30.2 Å². The molecular formula is C14H11N3O2. The predicted molar refractivity (Wildman–Crippen MR) is 69.8 cm³/mol. The van der Waals surface area contributed by atoms with Crippen LogP contribution in [0.2, 0.25) is 0 Å². The Morgan fingerprint density at radius 3 is 3.00 bits per heavy atom. The van der Waals surface area contributed by atoms with Gasteiger partial charge in [0.2, 0.25) is 5.88 Å². The molecule has 0 amide bonds. The molecule has 94 valence electrons. The van der Waals surface area contributed by atoms with Crippen molar-refractivity contribution in [3.05, 3.63) is 54.6 Å². The molecule has 0 aliphatic heterocycles. The SMILES string of the molecule is OCc1cncc(Oc2ccc3cccnc3c2)n1. The molecule has 3 rings (SSSR count). The van der Waals surface area contributed by atoms with Crippen molar-refractivity contribution in [2.24, 2.45) is 0 Å². The second-order valence-corrected chi connectivity index (χ2v) is 3.97. The van der Waals surface area contributed by atoms with E-state index in [2.05, 4.69) is 15.0 Å². The lowest BCUT2D eigenvalue weighted by atomic mass is 10.2. The van der Waals surface area contributed by atoms with E-state index in [1.54, 1.807) is 6.20 Å². The van der Waals surface area contributed by atoms with Crippen LogP contribution in [-0.4, -0.2) is 20.1 Å². The summed E-state index contributed by atoms with van der Waals surface area (Å²) in [6.07, 6.45) is 4.73. The van der Waals surface area contributed by atoms with E-state index in [4.69, 9.17) is 9.84 Å². The molecule has 0 unspecified atom stereocenters. The van der Waals surface area contributed by atoms with Gasteiger partial charge in [-0.25, -0.2) is 4.98 Å². The Morgan fingerprint density at radius 1 is 1.16 bits per heavy atom. The molecule has 3 aromatic rings. The highest BCUT2D eigenvalue weighted by molar-refractivity contribution is 5.79. The van der Waals surface area contributed by atoms with Crippen LogP contribution in [0.15, 0.2) is 48.9 Å². The Morgan fingerprint density at radius 2 is 2.11 bits per heavy atom. The number of pyridine rings is 1. The van der Waals surface area contributed by atoms with Crippen LogP contribution in [0, 0.1) is 0 Å². The molecule has 1 aromatic carbocycles. The van der Waals surface area contributed by atoms with Gasteiger partial charge in [0.15, 0.2) is 0 Å². The first-order valence-corrected chi connectivity index (χ1v) is 5.79. The number of hydrogen-bond donors (Lipinski definition) is 1. The Balaban J connectivity index is 1.92. The molecule has 1 N–H and O–H groups in total. The van der Waals surface area contributed by atoms with E-state index < -0.39 is 0 Å². The Labute approximate surface area is 109 Å². The lowest BCUT2D eigenvalue weighted by molar-refractivity contribution is 0.274. The van der Waals surface area contributed by atoms with Gasteiger partial charge in [0.25, 0.3) is 0 Å². The molecule has 5 heteroatoms. The van der Waals surface area contributed by atoms with Crippen molar-refractivity contribution in [3.8, 4) is 11.6 Å². The Bertz CT molecular complexity index is 716. The summed E-state index contributed by atoms with van der Waals surface area (Å²) in [5, 5.41) is 10.0. The van der Waals surface area contributed by atoms with Crippen LogP contribution >= 0.6 is 0 Å². The van der Waals surface area contributed by atoms with E-state index in [-0.39, 0.29) is 6.61 Å². The molecule has 0 aliphatic carbocycles. The second kappa shape index (κ2) is 4.99. The number of rotatable bonds is 3. The highest BCUT2D eigenvalue weighted by Crippen LogP contribution is 2.23. The average molecular weight is 253 g/mol. The standard InChI is InChI=1S/C14H11N3O2/c18-9-11-7-15-8-14(17-11)19-12-4-3-10-2-1-5-16-13(10)6-12/h1-8,18H,9H2. The van der Waals surface area contributed by atoms with Crippen molar-refractivity contribution in [1.82, 2.24) is 15.0 Å². The molecule has 0 saturated carbocycles. The minimum absolute atomic E-state index is 0.163. The molecule has 0 radical (unpaired) electrons. The third-order valence-corrected chi connectivity index (χ3v) is 2.62. The first-order chi connectivity index (χ1) is 9.35. The first-order valence-electron chi connectivity index (χ1n) is 5.79. The topological polar surface area (TPSA) is 68.1 Å². The van der Waals surface area contributed by atoms with Crippen molar-refractivity contribution in [3.63, 3.8) is 0 Å². The van der Waals surface area contributed by atoms with Gasteiger partial charge >= 0.3 is 0 Å². The fourth-order valence-electron chi connectivity index (χ4n) is 1.74. The molecule has 2 aromatic heterocycles. The van der Waals surface area contributed by atoms with Crippen LogP contribution in [-0.2, 0) is 6.61 Å². The van der Waals surface area contributed by atoms with Crippen molar-refractivity contribution in [2.75, 3.05) is 0 Å². The van der Waals surface area contributed by atoms with E-state index in [0.717, 1.165) is 10.9 Å². The monoisotopic (exact) mass is 253 g/mol. The highest BCUT2D eigenvalue weighted by Gasteiger charge is 2.02. The number of nitrogens with zero attached hydrogens (tertiary/aromatic N) is 3. The quantitative estimate of drug-likeness (QED) is 0.775. The fraction of sp³-hybridized carbons (Fsp3) is 0.0714. The summed E-state index contributed by atoms with van der Waals surface area (Å²) in [5.41, 5.74) is 1.32. The lowest BCUT2D eigenvalue weighted by Crippen LogP contribution is -1.94. The van der Waals surface area contributed by atoms with Gasteiger partial charge in [-0.1, -0.05) is 6.07 Å². The van der Waals surface area contributed by atoms with Crippen LogP contribution in [0.3, 0.4) is 0 Å². The summed E-state index contributed by atoms with van der Waals surface area (Å²) in [5.74, 6) is 0.984. The molecule has 0 aliphatic rings. The van der Waals surface area contributed by atoms with Crippen LogP contribution in [0.1, 0.15) is 5.69 Å². The van der Waals surface area contributed by atoms with Crippen LogP contribution < -0.4 is 4.74 Å². The molecule has 0 bridgehead atoms. The van der Waals surface area contributed by atoms with Gasteiger partial charge in [-0.2, -0.15) is 0 Å². The summed E-state index contributed by atoms with van der Waals surface area (Å²) in [4.78, 5) is 12.3. The summed E-state index contributed by atoms with van der Waals surface area (Å²) >= 11 is 0. The van der Waals surface area contributed by atoms with Gasteiger partial charge in [0.1, 0.15) is 5.75 Å². The minimum atomic E-state index is -0.163. The Kier molecular flexibility index (Phi) is 3.04. The zero-order chi connectivity index (χ0) is 13.1. The predicted octanol–water partition coefficient (Wildman–Crippen LogP) is 2.31. The van der Waals surface area contributed by atoms with Crippen molar-refractivity contribution in [1.29, 1.82) is 0 Å². The number of ether oxygens (including phenoxy) is 1. The van der Waals surface area contributed by atoms with Gasteiger partial charge in [-0.3, -0.25) is 9.97 Å². The van der Waals surface area contributed by atoms with Crippen LogP contribution in [0.25, 0.3) is 10.9 Å². The van der Waals surface area contributed by atoms with E-state index in [1.165, 1.54) is 12.4 Å². The molecule has 5 nitrogen and oxygen atoms in total. The van der Waals surface area contributed by atoms with Crippen LogP contribution in [0.5, 0.6) is 11.6 Å². The number of aliphatic hydroxyl groups is 1. The molecular weight excluding hydrogens is 242 g/mol. The maximum Gasteiger partial charge on any atom is 0.238 e. The Hall–Kier alpha value is -2.53. The van der Waals surface area contributed by atoms with Gasteiger partial charge < -0.3 is 9.84 Å². The summed E-state index contributed by atoms with van der Waals surface area (Å²) in [6, 6.07) is 9.48. The van der Waals surface area contributed by atoms with Gasteiger partial charge in [-0.15, -0.1) is 0 Å². The van der Waals surface area contributed by atoms with Crippen molar-refractivity contribution >= 4 is 10.9 Å². The number of hydrogen-bond acceptors (Lipinski definition) is 5. The minimum Gasteiger partial charge on any atom is -0.437 e. The van der Waals surface area contributed by atoms with E-state index in [0.29, 0.717) is 17.3 Å². The van der Waals surface area contributed by atoms with Gasteiger partial charge in [0, 0.05) is 17.6 Å².